The lowest BCUT2D eigenvalue weighted by Gasteiger charge is -2.51. The van der Waals surface area contributed by atoms with E-state index in [1.807, 2.05) is 0 Å². The van der Waals surface area contributed by atoms with Crippen molar-refractivity contribution in [2.75, 3.05) is 33.0 Å². The molecule has 476 valence electrons. The molecule has 1 unspecified atom stereocenters. The summed E-state index contributed by atoms with van der Waals surface area (Å²) < 4.78 is 75.3. The molecule has 0 aromatic carbocycles. The van der Waals surface area contributed by atoms with Crippen molar-refractivity contribution in [2.45, 2.75) is 243 Å². The zero-order chi connectivity index (χ0) is 60.5. The highest BCUT2D eigenvalue weighted by Gasteiger charge is 2.58. The molecule has 36 heteroatoms. The van der Waals surface area contributed by atoms with Gasteiger partial charge in [0, 0.05) is 13.8 Å². The van der Waals surface area contributed by atoms with Crippen molar-refractivity contribution in [2.24, 2.45) is 0 Å². The average Bonchev–Trinajstić information content (AvgIpc) is 3.59. The topological polar surface area (TPSA) is 563 Å². The number of carbonyl (C=O) groups is 2. The van der Waals surface area contributed by atoms with Gasteiger partial charge in [0.2, 0.25) is 11.8 Å². The van der Waals surface area contributed by atoms with Gasteiger partial charge in [0.05, 0.1) is 45.2 Å². The van der Waals surface area contributed by atoms with Crippen molar-refractivity contribution in [1.29, 1.82) is 0 Å². The van der Waals surface area contributed by atoms with Crippen LogP contribution in [-0.2, 0) is 71.2 Å². The predicted octanol–water partition coefficient (Wildman–Crippen LogP) is -13.9. The van der Waals surface area contributed by atoms with E-state index in [0.29, 0.717) is 0 Å². The Hall–Kier alpha value is -2.34. The molecule has 7 aliphatic rings. The van der Waals surface area contributed by atoms with Crippen LogP contribution in [-0.4, -0.2) is 357 Å². The fraction of sp³-hybridized carbons (Fsp3) is 0.957. The molecule has 7 aliphatic heterocycles. The Bertz CT molecular complexity index is 2030. The molecule has 21 N–H and O–H groups in total. The molecule has 0 bridgehead atoms. The van der Waals surface area contributed by atoms with Gasteiger partial charge in [0.15, 0.2) is 44.0 Å². The summed E-state index contributed by atoms with van der Waals surface area (Å²) in [4.78, 5) is 25.6. The van der Waals surface area contributed by atoms with E-state index in [-0.39, 0.29) is 0 Å². The molecule has 7 heterocycles. The largest absolute Gasteiger partial charge is 0.394 e. The van der Waals surface area contributed by atoms with E-state index in [2.05, 4.69) is 10.6 Å². The van der Waals surface area contributed by atoms with Crippen LogP contribution < -0.4 is 10.6 Å². The first-order chi connectivity index (χ1) is 38.6. The minimum absolute atomic E-state index is 0.811. The van der Waals surface area contributed by atoms with Crippen LogP contribution in [0.3, 0.4) is 0 Å². The molecule has 0 radical (unpaired) electrons. The number of carbonyl (C=O) groups excluding carboxylic acids is 2. The molecule has 0 aromatic rings. The van der Waals surface area contributed by atoms with Crippen LogP contribution >= 0.6 is 0 Å². The maximum absolute atomic E-state index is 12.9. The van der Waals surface area contributed by atoms with Crippen LogP contribution in [0.4, 0.5) is 0 Å². The lowest BCUT2D eigenvalue weighted by atomic mass is 9.93. The Morgan fingerprint density at radius 1 is 0.341 bits per heavy atom. The summed E-state index contributed by atoms with van der Waals surface area (Å²) >= 11 is 0. The number of rotatable bonds is 19. The first kappa shape index (κ1) is 67.2. The molecule has 7 rings (SSSR count). The lowest BCUT2D eigenvalue weighted by Crippen LogP contribution is -2.71. The van der Waals surface area contributed by atoms with Gasteiger partial charge in [-0.05, 0) is 13.8 Å². The number of hydrogen-bond acceptors (Lipinski definition) is 34. The maximum Gasteiger partial charge on any atom is 0.217 e. The zero-order valence-electron chi connectivity index (χ0n) is 44.4. The van der Waals surface area contributed by atoms with E-state index in [0.717, 1.165) is 13.8 Å². The molecular formula is C46H78N2O34. The molecule has 0 aromatic heterocycles. The van der Waals surface area contributed by atoms with E-state index in [1.54, 1.807) is 0 Å². The van der Waals surface area contributed by atoms with Crippen LogP contribution in [0.5, 0.6) is 0 Å². The Balaban J connectivity index is 1.12. The third kappa shape index (κ3) is 14.5. The second kappa shape index (κ2) is 28.7. The van der Waals surface area contributed by atoms with E-state index in [1.165, 1.54) is 13.8 Å². The van der Waals surface area contributed by atoms with Crippen molar-refractivity contribution in [3.8, 4) is 0 Å². The van der Waals surface area contributed by atoms with Crippen LogP contribution in [0, 0.1) is 0 Å². The number of amides is 2. The molecule has 0 aliphatic carbocycles. The summed E-state index contributed by atoms with van der Waals surface area (Å²) in [6.07, 6.45) is -60.9. The third-order valence-corrected chi connectivity index (χ3v) is 15.2. The summed E-state index contributed by atoms with van der Waals surface area (Å²) in [6, 6.07) is -3.56. The normalized spacial score (nSPS) is 51.3. The Kier molecular flexibility index (Phi) is 23.5. The molecular weight excluding hydrogens is 1120 g/mol. The smallest absolute Gasteiger partial charge is 0.217 e. The van der Waals surface area contributed by atoms with Crippen molar-refractivity contribution < 1.29 is 168 Å². The first-order valence-electron chi connectivity index (χ1n) is 26.3. The fourth-order valence-corrected chi connectivity index (χ4v) is 10.5. The summed E-state index contributed by atoms with van der Waals surface area (Å²) in [5.74, 6) is -1.69. The van der Waals surface area contributed by atoms with Crippen LogP contribution in [0.2, 0.25) is 0 Å². The monoisotopic (exact) mass is 1200 g/mol. The van der Waals surface area contributed by atoms with Crippen LogP contribution in [0.15, 0.2) is 0 Å². The lowest BCUT2D eigenvalue weighted by molar-refractivity contribution is -0.380. The second-order valence-corrected chi connectivity index (χ2v) is 21.1. The first-order valence-corrected chi connectivity index (χ1v) is 26.3. The van der Waals surface area contributed by atoms with E-state index < -0.39 is 260 Å². The summed E-state index contributed by atoms with van der Waals surface area (Å²) in [5, 5.41) is 209. The van der Waals surface area contributed by atoms with Gasteiger partial charge >= 0.3 is 0 Å². The average molecular weight is 1200 g/mol. The van der Waals surface area contributed by atoms with Gasteiger partial charge in [0.25, 0.3) is 0 Å². The van der Waals surface area contributed by atoms with E-state index in [4.69, 9.17) is 61.6 Å². The van der Waals surface area contributed by atoms with Crippen molar-refractivity contribution in [3.05, 3.63) is 0 Å². The Morgan fingerprint density at radius 3 is 1.26 bits per heavy atom. The third-order valence-electron chi connectivity index (χ3n) is 15.2. The van der Waals surface area contributed by atoms with Gasteiger partial charge in [-0.3, -0.25) is 9.59 Å². The zero-order valence-corrected chi connectivity index (χ0v) is 44.4. The highest BCUT2D eigenvalue weighted by molar-refractivity contribution is 5.73. The molecule has 35 atom stereocenters. The number of nitrogens with one attached hydrogen (secondary N) is 2. The number of aliphatic hydroxyl groups is 19. The highest BCUT2D eigenvalue weighted by Crippen LogP contribution is 2.37. The molecule has 82 heavy (non-hydrogen) atoms. The van der Waals surface area contributed by atoms with Crippen LogP contribution in [0.1, 0.15) is 27.7 Å². The number of aliphatic hydroxyl groups excluding tert-OH is 19. The number of hydrogen-bond donors (Lipinski definition) is 21. The van der Waals surface area contributed by atoms with Crippen molar-refractivity contribution >= 4 is 11.8 Å². The number of ether oxygens (including phenoxy) is 13. The molecule has 0 spiro atoms. The van der Waals surface area contributed by atoms with E-state index >= 15 is 0 Å². The molecule has 36 nitrogen and oxygen atoms in total. The summed E-state index contributed by atoms with van der Waals surface area (Å²) in [6.45, 7) is 0.0793. The van der Waals surface area contributed by atoms with Gasteiger partial charge in [-0.2, -0.15) is 0 Å². The SMILES string of the molecule is CC(=O)N[C@H]1[C@H](O[C@H]2[C@H](O[C@@H]3O[C@@H](C)[C@@H](O)[C@@H](O)[C@@H]3O)[C@@H](NC(C)=O)C(O)O[C@@H]2CO[C@@H]2O[C@@H](C)[C@@H](O)[C@@H](O)[C@@H]2O)O[C@H](CO)[C@@H](O[C@@H]2O[C@H](CO[C@H]3O[C@H](CO)[C@@H](O)[C@H](O[C@H]4O[C@H](CO)[C@@H](O)[C@H](O)[C@@H]4O)[C@@H]3O)[C@@H](O)[C@H](O)[C@@H]2O)[C@@H]1O. The Labute approximate surface area is 465 Å². The van der Waals surface area contributed by atoms with Gasteiger partial charge < -0.3 is 169 Å². The van der Waals surface area contributed by atoms with E-state index in [9.17, 15) is 107 Å². The highest BCUT2D eigenvalue weighted by atomic mass is 16.8. The molecule has 2 amide bonds. The van der Waals surface area contributed by atoms with Crippen molar-refractivity contribution in [3.63, 3.8) is 0 Å². The molecule has 7 saturated heterocycles. The quantitative estimate of drug-likeness (QED) is 0.0571. The Morgan fingerprint density at radius 2 is 0.720 bits per heavy atom. The summed E-state index contributed by atoms with van der Waals surface area (Å²) in [7, 11) is 0. The standard InChI is InChI=1S/C46H78N2O34/c1-10-21(54)27(60)31(64)42(72-10)71-9-18-37(38(20(40(69)74-18)48-13(4)53)81-44-32(65)28(61)22(55)11(2)73-44)80-41-19(47-12(3)52)26(59)36(16(7-51)77-41)79-46-34(67)30(63)24(57)17(78-46)8-70-43-35(68)39(25(58)15(6-50)75-43)82-45-33(66)29(62)23(56)14(5-49)76-45/h10-11,14-46,49-51,54-69H,5-9H2,1-4H3,(H,47,52)(H,48,53)/t10-,11-,14+,15+,16+,17+,18+,19+,20+,21+,22+,23+,24+,25+,26+,27+,28+,29-,30-,31-,32-,33-,34-,35-,36+,37+,38+,39-,40?,41-,42+,43-,44-,45+,46-/m0/s1. The van der Waals surface area contributed by atoms with Gasteiger partial charge in [-0.1, -0.05) is 0 Å². The summed E-state index contributed by atoms with van der Waals surface area (Å²) in [5.41, 5.74) is 0. The van der Waals surface area contributed by atoms with Gasteiger partial charge in [-0.15, -0.1) is 0 Å². The van der Waals surface area contributed by atoms with Crippen molar-refractivity contribution in [1.82, 2.24) is 10.6 Å². The van der Waals surface area contributed by atoms with Gasteiger partial charge in [0.1, 0.15) is 159 Å². The van der Waals surface area contributed by atoms with Gasteiger partial charge in [-0.25, -0.2) is 0 Å². The fourth-order valence-electron chi connectivity index (χ4n) is 10.5. The minimum atomic E-state index is -2.19. The second-order valence-electron chi connectivity index (χ2n) is 21.1. The molecule has 7 fully saturated rings. The minimum Gasteiger partial charge on any atom is -0.394 e. The van der Waals surface area contributed by atoms with Crippen LogP contribution in [0.25, 0.3) is 0 Å². The molecule has 0 saturated carbocycles. The predicted molar refractivity (Wildman–Crippen MR) is 252 cm³/mol. The maximum atomic E-state index is 12.9.